The molecule has 3 heterocycles. The van der Waals surface area contributed by atoms with Crippen molar-refractivity contribution in [2.45, 2.75) is 24.3 Å². The maximum atomic E-state index is 13.8. The summed E-state index contributed by atoms with van der Waals surface area (Å²) in [6.45, 7) is 4.76. The molecule has 2 aliphatic heterocycles. The molecule has 2 aliphatic rings. The topological polar surface area (TPSA) is 67.2 Å². The molecule has 1 aromatic heterocycles. The zero-order valence-electron chi connectivity index (χ0n) is 21.2. The van der Waals surface area contributed by atoms with Crippen LogP contribution >= 0.6 is 0 Å². The molecule has 0 spiro atoms. The van der Waals surface area contributed by atoms with Crippen LogP contribution in [0.25, 0.3) is 0 Å². The van der Waals surface area contributed by atoms with Crippen LogP contribution in [-0.2, 0) is 14.9 Å². The summed E-state index contributed by atoms with van der Waals surface area (Å²) in [5.41, 5.74) is 1.36. The molecule has 8 heteroatoms. The van der Waals surface area contributed by atoms with Crippen LogP contribution in [0, 0.1) is 5.82 Å². The first-order chi connectivity index (χ1) is 18.1. The van der Waals surface area contributed by atoms with Crippen LogP contribution < -0.4 is 15.0 Å². The second kappa shape index (κ2) is 11.4. The first-order valence-corrected chi connectivity index (χ1v) is 12.9. The monoisotopic (exact) mass is 507 g/mol. The zero-order chi connectivity index (χ0) is 25.7. The Hall–Kier alpha value is -3.36. The minimum atomic E-state index is -0.639. The van der Waals surface area contributed by atoms with Crippen molar-refractivity contribution in [1.82, 2.24) is 10.2 Å². The highest BCUT2D eigenvalue weighted by molar-refractivity contribution is 5.88. The first-order valence-electron chi connectivity index (χ1n) is 12.9. The second-order valence-electron chi connectivity index (χ2n) is 9.66. The number of amides is 1. The molecule has 1 unspecified atom stereocenters. The number of halogens is 1. The molecule has 2 saturated heterocycles. The molecule has 37 heavy (non-hydrogen) atoms. The normalized spacial score (nSPS) is 18.8. The molecule has 196 valence electrons. The Morgan fingerprint density at radius 3 is 2.35 bits per heavy atom. The number of hydrogen-bond donors (Lipinski definition) is 1. The van der Waals surface area contributed by atoms with Gasteiger partial charge in [0.2, 0.25) is 5.91 Å². The fraction of sp³-hybridized carbons (Fsp3) is 0.414. The minimum absolute atomic E-state index is 0.0162. The molecular weight excluding hydrogens is 473 g/mol. The Kier molecular flexibility index (Phi) is 7.76. The number of methoxy groups -OCH3 is 1. The summed E-state index contributed by atoms with van der Waals surface area (Å²) in [6.07, 6.45) is 2.94. The lowest BCUT2D eigenvalue weighted by atomic mass is 9.73. The Bertz CT molecular complexity index is 1140. The average molecular weight is 508 g/mol. The number of hydrogen-bond acceptors (Lipinski definition) is 6. The lowest BCUT2D eigenvalue weighted by Gasteiger charge is -2.40. The number of carbonyl (C=O) groups excluding carboxylic acids is 1. The number of furan rings is 1. The van der Waals surface area contributed by atoms with Gasteiger partial charge in [-0.1, -0.05) is 12.1 Å². The van der Waals surface area contributed by atoms with Gasteiger partial charge in [-0.2, -0.15) is 0 Å². The summed E-state index contributed by atoms with van der Waals surface area (Å²) in [6, 6.07) is 18.2. The molecule has 0 bridgehead atoms. The lowest BCUT2D eigenvalue weighted by molar-refractivity contribution is -0.130. The smallest absolute Gasteiger partial charge is 0.230 e. The standard InChI is InChI=1S/C29H34FN3O4/c1-35-25-10-4-22(5-11-25)29(12-19-36-20-13-29)28(34)31-21-26(27-3-2-18-37-27)33-16-14-32(15-17-33)24-8-6-23(30)7-9-24/h2-11,18,26H,12-17,19-21H2,1H3,(H,31,34). The van der Waals surface area contributed by atoms with E-state index in [0.29, 0.717) is 32.6 Å². The van der Waals surface area contributed by atoms with Crippen molar-refractivity contribution in [1.29, 1.82) is 0 Å². The third-order valence-electron chi connectivity index (χ3n) is 7.70. The van der Waals surface area contributed by atoms with E-state index < -0.39 is 5.41 Å². The van der Waals surface area contributed by atoms with Gasteiger partial charge in [0.05, 0.1) is 24.8 Å². The lowest BCUT2D eigenvalue weighted by Crippen LogP contribution is -2.52. The highest BCUT2D eigenvalue weighted by atomic mass is 19.1. The van der Waals surface area contributed by atoms with Crippen LogP contribution in [0.5, 0.6) is 5.75 Å². The van der Waals surface area contributed by atoms with Gasteiger partial charge in [0.25, 0.3) is 0 Å². The Morgan fingerprint density at radius 2 is 1.73 bits per heavy atom. The van der Waals surface area contributed by atoms with Crippen LogP contribution in [0.15, 0.2) is 71.3 Å². The van der Waals surface area contributed by atoms with Gasteiger partial charge in [-0.25, -0.2) is 4.39 Å². The highest BCUT2D eigenvalue weighted by Crippen LogP contribution is 2.36. The Balaban J connectivity index is 1.29. The van der Waals surface area contributed by atoms with Crippen LogP contribution in [0.2, 0.25) is 0 Å². The maximum Gasteiger partial charge on any atom is 0.230 e. The largest absolute Gasteiger partial charge is 0.497 e. The molecule has 0 radical (unpaired) electrons. The number of nitrogens with zero attached hydrogens (tertiary/aromatic N) is 2. The molecule has 1 N–H and O–H groups in total. The molecule has 2 fully saturated rings. The third-order valence-corrected chi connectivity index (χ3v) is 7.70. The van der Waals surface area contributed by atoms with Gasteiger partial charge in [-0.3, -0.25) is 9.69 Å². The van der Waals surface area contributed by atoms with Gasteiger partial charge in [0, 0.05) is 51.6 Å². The van der Waals surface area contributed by atoms with Gasteiger partial charge in [-0.15, -0.1) is 0 Å². The van der Waals surface area contributed by atoms with Gasteiger partial charge in [-0.05, 0) is 66.9 Å². The summed E-state index contributed by atoms with van der Waals surface area (Å²) >= 11 is 0. The summed E-state index contributed by atoms with van der Waals surface area (Å²) in [4.78, 5) is 18.4. The second-order valence-corrected chi connectivity index (χ2v) is 9.66. The maximum absolute atomic E-state index is 13.8. The number of benzene rings is 2. The zero-order valence-corrected chi connectivity index (χ0v) is 21.2. The fourth-order valence-corrected chi connectivity index (χ4v) is 5.47. The molecule has 2 aromatic carbocycles. The molecule has 0 aliphatic carbocycles. The molecule has 3 aromatic rings. The van der Waals surface area contributed by atoms with E-state index >= 15 is 0 Å². The van der Waals surface area contributed by atoms with Crippen molar-refractivity contribution >= 4 is 11.6 Å². The quantitative estimate of drug-likeness (QED) is 0.494. The number of rotatable bonds is 8. The average Bonchev–Trinajstić information content (AvgIpc) is 3.49. The number of ether oxygens (including phenoxy) is 2. The number of piperazine rings is 1. The molecule has 1 atom stereocenters. The number of anilines is 1. The predicted octanol–water partition coefficient (Wildman–Crippen LogP) is 4.16. The van der Waals surface area contributed by atoms with Crippen molar-refractivity contribution in [3.05, 3.63) is 84.1 Å². The SMILES string of the molecule is COc1ccc(C2(C(=O)NCC(c3ccco3)N3CCN(c4ccc(F)cc4)CC3)CCOCC2)cc1. The van der Waals surface area contributed by atoms with E-state index in [1.807, 2.05) is 48.5 Å². The van der Waals surface area contributed by atoms with Crippen molar-refractivity contribution < 1.29 is 23.1 Å². The highest BCUT2D eigenvalue weighted by Gasteiger charge is 2.42. The summed E-state index contributed by atoms with van der Waals surface area (Å²) < 4.78 is 30.1. The summed E-state index contributed by atoms with van der Waals surface area (Å²) in [7, 11) is 1.64. The van der Waals surface area contributed by atoms with Crippen molar-refractivity contribution in [3.8, 4) is 5.75 Å². The van der Waals surface area contributed by atoms with E-state index in [-0.39, 0.29) is 17.8 Å². The van der Waals surface area contributed by atoms with E-state index in [1.165, 1.54) is 12.1 Å². The molecular formula is C29H34FN3O4. The van der Waals surface area contributed by atoms with E-state index in [1.54, 1.807) is 13.4 Å². The minimum Gasteiger partial charge on any atom is -0.497 e. The van der Waals surface area contributed by atoms with Crippen LogP contribution in [-0.4, -0.2) is 63.9 Å². The molecule has 0 saturated carbocycles. The van der Waals surface area contributed by atoms with Crippen LogP contribution in [0.1, 0.15) is 30.2 Å². The molecule has 7 nitrogen and oxygen atoms in total. The molecule has 5 rings (SSSR count). The summed E-state index contributed by atoms with van der Waals surface area (Å²) in [5.74, 6) is 1.39. The van der Waals surface area contributed by atoms with Gasteiger partial charge >= 0.3 is 0 Å². The van der Waals surface area contributed by atoms with Gasteiger partial charge in [0.1, 0.15) is 17.3 Å². The fourth-order valence-electron chi connectivity index (χ4n) is 5.47. The third kappa shape index (κ3) is 5.50. The Labute approximate surface area is 217 Å². The van der Waals surface area contributed by atoms with Crippen LogP contribution in [0.4, 0.5) is 10.1 Å². The van der Waals surface area contributed by atoms with E-state index in [9.17, 15) is 9.18 Å². The van der Waals surface area contributed by atoms with Crippen molar-refractivity contribution in [3.63, 3.8) is 0 Å². The first kappa shape index (κ1) is 25.3. The van der Waals surface area contributed by atoms with E-state index in [0.717, 1.165) is 48.9 Å². The Morgan fingerprint density at radius 1 is 1.03 bits per heavy atom. The summed E-state index contributed by atoms with van der Waals surface area (Å²) in [5, 5.41) is 3.27. The van der Waals surface area contributed by atoms with Crippen molar-refractivity contribution in [2.24, 2.45) is 0 Å². The van der Waals surface area contributed by atoms with E-state index in [4.69, 9.17) is 13.9 Å². The van der Waals surface area contributed by atoms with Crippen molar-refractivity contribution in [2.75, 3.05) is 57.9 Å². The van der Waals surface area contributed by atoms with Gasteiger partial charge < -0.3 is 24.1 Å². The van der Waals surface area contributed by atoms with Gasteiger partial charge in [0.15, 0.2) is 0 Å². The number of nitrogens with one attached hydrogen (secondary N) is 1. The van der Waals surface area contributed by atoms with E-state index in [2.05, 4.69) is 15.1 Å². The predicted molar refractivity (Wildman–Crippen MR) is 139 cm³/mol. The van der Waals surface area contributed by atoms with Crippen LogP contribution in [0.3, 0.4) is 0 Å². The molecule has 1 amide bonds. The number of carbonyl (C=O) groups is 1.